The van der Waals surface area contributed by atoms with E-state index in [-0.39, 0.29) is 5.91 Å². The number of rotatable bonds is 5. The number of nitrogens with one attached hydrogen (secondary N) is 2. The lowest BCUT2D eigenvalue weighted by Crippen LogP contribution is -2.37. The smallest absolute Gasteiger partial charge is 0.268 e. The molecule has 0 aliphatic rings. The van der Waals surface area contributed by atoms with Crippen molar-refractivity contribution in [1.29, 1.82) is 0 Å². The average molecular weight is 319 g/mol. The first-order valence-corrected chi connectivity index (χ1v) is 7.54. The number of carbonyl (C=O) groups is 2. The Balaban J connectivity index is 1.79. The van der Waals surface area contributed by atoms with Gasteiger partial charge in [0.1, 0.15) is 11.7 Å². The molecule has 4 N–H and O–H groups in total. The summed E-state index contributed by atoms with van der Waals surface area (Å²) in [4.78, 5) is 27.2. The number of aromatic nitrogens is 1. The molecule has 5 heteroatoms. The average Bonchev–Trinajstić information content (AvgIpc) is 3.11. The lowest BCUT2D eigenvalue weighted by atomic mass is 10.1. The molecule has 0 aliphatic heterocycles. The van der Waals surface area contributed by atoms with Crippen molar-refractivity contribution < 1.29 is 9.59 Å². The second kappa shape index (κ2) is 6.83. The number of hydrogen-bond acceptors (Lipinski definition) is 2. The van der Waals surface area contributed by atoms with E-state index in [2.05, 4.69) is 10.3 Å². The molecule has 2 aromatic carbocycles. The summed E-state index contributed by atoms with van der Waals surface area (Å²) in [6.45, 7) is 0. The van der Waals surface area contributed by atoms with E-state index in [1.165, 1.54) is 0 Å². The molecule has 0 saturated heterocycles. The van der Waals surface area contributed by atoms with E-state index in [0.717, 1.165) is 11.3 Å². The Hall–Kier alpha value is -3.34. The number of aromatic amines is 1. The molecule has 1 aromatic heterocycles. The molecule has 0 bridgehead atoms. The van der Waals surface area contributed by atoms with Gasteiger partial charge in [-0.25, -0.2) is 0 Å². The van der Waals surface area contributed by atoms with Crippen LogP contribution in [0.4, 0.5) is 0 Å². The molecule has 0 aliphatic carbocycles. The highest BCUT2D eigenvalue weighted by atomic mass is 16.2. The Morgan fingerprint density at radius 3 is 2.12 bits per heavy atom. The summed E-state index contributed by atoms with van der Waals surface area (Å²) in [5, 5.41) is 2.67. The second-order valence-corrected chi connectivity index (χ2v) is 5.37. The summed E-state index contributed by atoms with van der Waals surface area (Å²) in [5.41, 5.74) is 8.25. The maximum absolute atomic E-state index is 12.4. The Morgan fingerprint density at radius 1 is 0.875 bits per heavy atom. The quantitative estimate of drug-likeness (QED) is 0.675. The zero-order valence-electron chi connectivity index (χ0n) is 12.9. The molecule has 1 heterocycles. The standard InChI is InChI=1S/C19H17N3O2/c20-18(23)17(14-9-5-2-6-10-14)22-19(24)16-12-11-15(21-16)13-7-3-1-4-8-13/h1-12,17,21H,(H2,20,23)(H,22,24)/t17-/m0/s1. The van der Waals surface area contributed by atoms with Crippen LogP contribution in [0, 0.1) is 0 Å². The van der Waals surface area contributed by atoms with Crippen molar-refractivity contribution in [2.75, 3.05) is 0 Å². The van der Waals surface area contributed by atoms with Gasteiger partial charge in [-0.1, -0.05) is 60.7 Å². The van der Waals surface area contributed by atoms with Gasteiger partial charge >= 0.3 is 0 Å². The highest BCUT2D eigenvalue weighted by Crippen LogP contribution is 2.19. The van der Waals surface area contributed by atoms with E-state index < -0.39 is 11.9 Å². The molecule has 3 aromatic rings. The molecule has 0 fully saturated rings. The van der Waals surface area contributed by atoms with Gasteiger partial charge in [-0.05, 0) is 23.3 Å². The van der Waals surface area contributed by atoms with E-state index >= 15 is 0 Å². The fourth-order valence-electron chi connectivity index (χ4n) is 2.49. The zero-order chi connectivity index (χ0) is 16.9. The van der Waals surface area contributed by atoms with Crippen molar-refractivity contribution >= 4 is 11.8 Å². The minimum Gasteiger partial charge on any atom is -0.368 e. The summed E-state index contributed by atoms with van der Waals surface area (Å²) in [6, 6.07) is 21.2. The van der Waals surface area contributed by atoms with Crippen LogP contribution < -0.4 is 11.1 Å². The van der Waals surface area contributed by atoms with Gasteiger partial charge in [-0.2, -0.15) is 0 Å². The van der Waals surface area contributed by atoms with Gasteiger partial charge in [-0.15, -0.1) is 0 Å². The van der Waals surface area contributed by atoms with Crippen LogP contribution in [0.1, 0.15) is 22.1 Å². The largest absolute Gasteiger partial charge is 0.368 e. The lowest BCUT2D eigenvalue weighted by Gasteiger charge is -2.15. The Morgan fingerprint density at radius 2 is 1.50 bits per heavy atom. The maximum Gasteiger partial charge on any atom is 0.268 e. The van der Waals surface area contributed by atoms with E-state index in [1.807, 2.05) is 42.5 Å². The van der Waals surface area contributed by atoms with Crippen LogP contribution in [0.5, 0.6) is 0 Å². The number of nitrogens with two attached hydrogens (primary N) is 1. The van der Waals surface area contributed by atoms with Gasteiger partial charge in [0.25, 0.3) is 5.91 Å². The fraction of sp³-hybridized carbons (Fsp3) is 0.0526. The number of carbonyl (C=O) groups excluding carboxylic acids is 2. The highest BCUT2D eigenvalue weighted by molar-refractivity contribution is 5.97. The summed E-state index contributed by atoms with van der Waals surface area (Å²) in [7, 11) is 0. The molecular formula is C19H17N3O2. The topological polar surface area (TPSA) is 88.0 Å². The van der Waals surface area contributed by atoms with Crippen LogP contribution in [-0.2, 0) is 4.79 Å². The van der Waals surface area contributed by atoms with E-state index in [4.69, 9.17) is 5.73 Å². The SMILES string of the molecule is NC(=O)[C@@H](NC(=O)c1ccc(-c2ccccc2)[nH]1)c1ccccc1. The van der Waals surface area contributed by atoms with Crippen LogP contribution in [0.15, 0.2) is 72.8 Å². The predicted octanol–water partition coefficient (Wildman–Crippen LogP) is 2.64. The molecule has 2 amide bonds. The van der Waals surface area contributed by atoms with E-state index in [1.54, 1.807) is 30.3 Å². The van der Waals surface area contributed by atoms with E-state index in [0.29, 0.717) is 11.3 Å². The Kier molecular flexibility index (Phi) is 4.43. The highest BCUT2D eigenvalue weighted by Gasteiger charge is 2.21. The van der Waals surface area contributed by atoms with Crippen LogP contribution in [-0.4, -0.2) is 16.8 Å². The first kappa shape index (κ1) is 15.6. The maximum atomic E-state index is 12.4. The van der Waals surface area contributed by atoms with Gasteiger partial charge in [-0.3, -0.25) is 9.59 Å². The molecular weight excluding hydrogens is 302 g/mol. The van der Waals surface area contributed by atoms with Gasteiger partial charge in [0, 0.05) is 5.69 Å². The molecule has 0 radical (unpaired) electrons. The Bertz CT molecular complexity index is 841. The van der Waals surface area contributed by atoms with Gasteiger partial charge < -0.3 is 16.0 Å². The number of amides is 2. The number of H-pyrrole nitrogens is 1. The third-order valence-electron chi connectivity index (χ3n) is 3.71. The van der Waals surface area contributed by atoms with Crippen molar-refractivity contribution in [3.05, 3.63) is 84.1 Å². The van der Waals surface area contributed by atoms with Crippen molar-refractivity contribution in [1.82, 2.24) is 10.3 Å². The molecule has 3 rings (SSSR count). The van der Waals surface area contributed by atoms with Crippen LogP contribution >= 0.6 is 0 Å². The van der Waals surface area contributed by atoms with Crippen molar-refractivity contribution in [3.8, 4) is 11.3 Å². The van der Waals surface area contributed by atoms with Crippen LogP contribution in [0.2, 0.25) is 0 Å². The minimum atomic E-state index is -0.873. The van der Waals surface area contributed by atoms with Crippen LogP contribution in [0.3, 0.4) is 0 Å². The summed E-state index contributed by atoms with van der Waals surface area (Å²) < 4.78 is 0. The zero-order valence-corrected chi connectivity index (χ0v) is 12.9. The summed E-state index contributed by atoms with van der Waals surface area (Å²) in [6.07, 6.45) is 0. The first-order chi connectivity index (χ1) is 11.6. The van der Waals surface area contributed by atoms with Crippen molar-refractivity contribution in [2.45, 2.75) is 6.04 Å². The Labute approximate surface area is 139 Å². The summed E-state index contributed by atoms with van der Waals surface area (Å²) in [5.74, 6) is -0.991. The third-order valence-corrected chi connectivity index (χ3v) is 3.71. The molecule has 1 atom stereocenters. The molecule has 0 unspecified atom stereocenters. The summed E-state index contributed by atoms with van der Waals surface area (Å²) >= 11 is 0. The van der Waals surface area contributed by atoms with Crippen molar-refractivity contribution in [3.63, 3.8) is 0 Å². The normalized spacial score (nSPS) is 11.7. The molecule has 5 nitrogen and oxygen atoms in total. The van der Waals surface area contributed by atoms with Gasteiger partial charge in [0.05, 0.1) is 0 Å². The molecule has 0 spiro atoms. The first-order valence-electron chi connectivity index (χ1n) is 7.54. The molecule has 120 valence electrons. The van der Waals surface area contributed by atoms with Gasteiger partial charge in [0.15, 0.2) is 0 Å². The van der Waals surface area contributed by atoms with E-state index in [9.17, 15) is 9.59 Å². The molecule has 0 saturated carbocycles. The van der Waals surface area contributed by atoms with Gasteiger partial charge in [0.2, 0.25) is 5.91 Å². The van der Waals surface area contributed by atoms with Crippen molar-refractivity contribution in [2.24, 2.45) is 5.73 Å². The number of primary amides is 1. The third kappa shape index (κ3) is 3.35. The number of benzene rings is 2. The van der Waals surface area contributed by atoms with Crippen LogP contribution in [0.25, 0.3) is 11.3 Å². The number of hydrogen-bond donors (Lipinski definition) is 3. The monoisotopic (exact) mass is 319 g/mol. The molecule has 24 heavy (non-hydrogen) atoms. The second-order valence-electron chi connectivity index (χ2n) is 5.37. The minimum absolute atomic E-state index is 0.371. The fourth-order valence-corrected chi connectivity index (χ4v) is 2.49. The lowest BCUT2D eigenvalue weighted by molar-refractivity contribution is -0.120. The predicted molar refractivity (Wildman–Crippen MR) is 92.1 cm³/mol.